The van der Waals surface area contributed by atoms with Crippen LogP contribution in [0.4, 0.5) is 0 Å². The van der Waals surface area contributed by atoms with Crippen molar-refractivity contribution in [3.05, 3.63) is 35.9 Å². The summed E-state index contributed by atoms with van der Waals surface area (Å²) in [5.41, 5.74) is -0.0187. The lowest BCUT2D eigenvalue weighted by molar-refractivity contribution is -0.345. The molecule has 1 aromatic rings. The normalized spacial score (nSPS) is 34.4. The number of methoxy groups -OCH3 is 3. The highest BCUT2D eigenvalue weighted by Crippen LogP contribution is 2.40. The summed E-state index contributed by atoms with van der Waals surface area (Å²) in [6.07, 6.45) is -7.88. The number of likely N-dealkylation sites (N-methyl/N-ethyl adjacent to an activating group) is 1. The summed E-state index contributed by atoms with van der Waals surface area (Å²) >= 11 is 0. The van der Waals surface area contributed by atoms with Gasteiger partial charge in [-0.2, -0.15) is 0 Å². The number of hydrogen-bond donors (Lipinski definition) is 2. The molecule has 19 nitrogen and oxygen atoms in total. The van der Waals surface area contributed by atoms with Crippen molar-refractivity contribution in [2.75, 3.05) is 55.1 Å². The second kappa shape index (κ2) is 30.4. The molecule has 16 atom stereocenters. The van der Waals surface area contributed by atoms with E-state index in [-0.39, 0.29) is 38.0 Å². The molecule has 0 radical (unpaired) electrons. The number of unbranched alkanes of at least 4 members (excludes halogenated alkanes) is 2. The van der Waals surface area contributed by atoms with Crippen molar-refractivity contribution in [3.63, 3.8) is 0 Å². The van der Waals surface area contributed by atoms with Crippen LogP contribution in [0.15, 0.2) is 30.3 Å². The Labute approximate surface area is 434 Å². The van der Waals surface area contributed by atoms with E-state index in [1.807, 2.05) is 19.9 Å². The average Bonchev–Trinajstić information content (AvgIpc) is 3.33. The summed E-state index contributed by atoms with van der Waals surface area (Å²) in [6.45, 7) is 15.2. The number of carbonyl (C=O) groups excluding carboxylic acids is 4. The molecule has 0 saturated carbocycles. The fourth-order valence-corrected chi connectivity index (χ4v) is 10.5. The van der Waals surface area contributed by atoms with E-state index in [2.05, 4.69) is 29.2 Å². The Kier molecular flexibility index (Phi) is 25.9. The second-order valence-corrected chi connectivity index (χ2v) is 20.7. The monoisotopic (exact) mass is 1040 g/mol. The zero-order valence-electron chi connectivity index (χ0n) is 45.9. The van der Waals surface area contributed by atoms with Crippen molar-refractivity contribution in [3.8, 4) is 0 Å². The first kappa shape index (κ1) is 62.2. The molecule has 3 aliphatic rings. The summed E-state index contributed by atoms with van der Waals surface area (Å²) in [6, 6.07) is 9.60. The Morgan fingerprint density at radius 3 is 2.16 bits per heavy atom. The lowest BCUT2D eigenvalue weighted by atomic mass is 9.82. The fraction of sp³-hybridized carbons (Fsp3) is 0.815. The van der Waals surface area contributed by atoms with E-state index in [4.69, 9.17) is 52.1 Å². The van der Waals surface area contributed by atoms with E-state index in [0.717, 1.165) is 32.2 Å². The van der Waals surface area contributed by atoms with Crippen molar-refractivity contribution >= 4 is 23.9 Å². The van der Waals surface area contributed by atoms with Crippen molar-refractivity contribution < 1.29 is 81.5 Å². The van der Waals surface area contributed by atoms with E-state index in [1.54, 1.807) is 53.6 Å². The van der Waals surface area contributed by atoms with E-state index < -0.39 is 121 Å². The molecule has 10 unspecified atom stereocenters. The number of β-amino-alcohol motifs (C(OH)–C–C–N with tert-alkyl or cyclic N) is 1. The number of ether oxygens (including phenoxy) is 11. The smallest absolute Gasteiger partial charge is 0.309 e. The number of aryl methyl sites for hydroxylation is 1. The first-order chi connectivity index (χ1) is 34.7. The predicted molar refractivity (Wildman–Crippen MR) is 269 cm³/mol. The number of rotatable bonds is 21. The van der Waals surface area contributed by atoms with Gasteiger partial charge in [0.15, 0.2) is 30.6 Å². The molecule has 0 aliphatic carbocycles. The molecule has 4 rings (SSSR count). The number of aliphatic hydroxyl groups is 2. The van der Waals surface area contributed by atoms with Gasteiger partial charge < -0.3 is 72.1 Å². The second-order valence-electron chi connectivity index (χ2n) is 20.7. The number of carbonyl (C=O) groups is 4. The SMILES string of the molecule is CCC(=O)OC1C(C)OC(OC2C(C)OC(O[C@@H]3C(OC)[C@H](OC(=O)CC)CC(=O)O[C@H](C)CCN(CCCCCc4ccccc4)C[C@H](O)[C@H](C)C[C@@H]3CC(OC)OC)C(O)C2N(C)C)CC1(C)OC(C)=O. The minimum atomic E-state index is -1.41. The highest BCUT2D eigenvalue weighted by atomic mass is 16.7. The molecule has 0 aromatic heterocycles. The van der Waals surface area contributed by atoms with Crippen LogP contribution in [-0.4, -0.2) is 191 Å². The van der Waals surface area contributed by atoms with Gasteiger partial charge in [-0.05, 0) is 97.8 Å². The topological polar surface area (TPSA) is 217 Å². The number of aliphatic hydroxyl groups excluding tert-OH is 2. The number of hydrogen-bond acceptors (Lipinski definition) is 19. The van der Waals surface area contributed by atoms with Crippen LogP contribution in [0.1, 0.15) is 125 Å². The molecule has 418 valence electrons. The van der Waals surface area contributed by atoms with Crippen LogP contribution in [-0.2, 0) is 77.7 Å². The molecular formula is C54H90N2O17. The predicted octanol–water partition coefficient (Wildman–Crippen LogP) is 5.36. The van der Waals surface area contributed by atoms with E-state index >= 15 is 0 Å². The first-order valence-corrected chi connectivity index (χ1v) is 26.4. The maximum absolute atomic E-state index is 13.9. The summed E-state index contributed by atoms with van der Waals surface area (Å²) in [4.78, 5) is 56.1. The van der Waals surface area contributed by atoms with Crippen LogP contribution in [0, 0.1) is 11.8 Å². The number of nitrogens with zero attached hydrogens (tertiary/aromatic N) is 2. The van der Waals surface area contributed by atoms with Gasteiger partial charge in [0.2, 0.25) is 0 Å². The van der Waals surface area contributed by atoms with Crippen LogP contribution in [0.3, 0.4) is 0 Å². The number of benzene rings is 1. The van der Waals surface area contributed by atoms with Crippen LogP contribution in [0.5, 0.6) is 0 Å². The first-order valence-electron chi connectivity index (χ1n) is 26.4. The van der Waals surface area contributed by atoms with Gasteiger partial charge in [-0.15, -0.1) is 0 Å². The lowest BCUT2D eigenvalue weighted by Crippen LogP contribution is -2.66. The summed E-state index contributed by atoms with van der Waals surface area (Å²) < 4.78 is 68.0. The van der Waals surface area contributed by atoms with Crippen LogP contribution < -0.4 is 0 Å². The summed E-state index contributed by atoms with van der Waals surface area (Å²) in [5.74, 6) is -3.17. The van der Waals surface area contributed by atoms with Gasteiger partial charge in [0.05, 0.1) is 36.9 Å². The minimum absolute atomic E-state index is 0.00690. The molecule has 0 bridgehead atoms. The quantitative estimate of drug-likeness (QED) is 0.0686. The maximum Gasteiger partial charge on any atom is 0.309 e. The third-order valence-corrected chi connectivity index (χ3v) is 14.5. The average molecular weight is 1040 g/mol. The molecular weight excluding hydrogens is 949 g/mol. The molecule has 2 N–H and O–H groups in total. The van der Waals surface area contributed by atoms with Crippen LogP contribution in [0.2, 0.25) is 0 Å². The third-order valence-electron chi connectivity index (χ3n) is 14.5. The highest BCUT2D eigenvalue weighted by molar-refractivity contribution is 5.73. The maximum atomic E-state index is 13.9. The third kappa shape index (κ3) is 18.7. The molecule has 3 heterocycles. The molecule has 1 aromatic carbocycles. The minimum Gasteiger partial charge on any atom is -0.463 e. The van der Waals surface area contributed by atoms with Gasteiger partial charge in [0.1, 0.15) is 30.5 Å². The zero-order chi connectivity index (χ0) is 54.0. The Hall–Kier alpha value is -3.34. The van der Waals surface area contributed by atoms with Gasteiger partial charge in [0, 0.05) is 67.0 Å². The van der Waals surface area contributed by atoms with Crippen molar-refractivity contribution in [1.82, 2.24) is 9.80 Å². The standard InChI is InChI=1S/C54H90N2O17/c1-14-42(59)69-41-30-44(61)66-34(4)25-27-56(26-21-17-20-24-38-22-18-16-19-23-38)32-40(58)33(3)28-39(29-45(63-11)64-12)50(51(41)65-13)72-53-48(62)47(55(9)10)49(35(5)68-53)71-46-31-54(8,73-37(7)57)52(36(6)67-46)70-43(60)15-2/h16,18-19,22-23,33-36,39-41,45-53,58,62H,14-15,17,20-21,24-32H2,1-13H3/t33-,34-,35?,36?,39-,40+,41-,46?,47?,48?,49?,50+,51?,52?,53?,54?/m1/s1. The molecule has 0 spiro atoms. The lowest BCUT2D eigenvalue weighted by Gasteiger charge is -2.51. The molecule has 73 heavy (non-hydrogen) atoms. The van der Waals surface area contributed by atoms with Crippen molar-refractivity contribution in [1.29, 1.82) is 0 Å². The van der Waals surface area contributed by atoms with E-state index in [0.29, 0.717) is 25.9 Å². The van der Waals surface area contributed by atoms with Crippen molar-refractivity contribution in [2.45, 2.75) is 218 Å². The molecule has 19 heteroatoms. The summed E-state index contributed by atoms with van der Waals surface area (Å²) in [7, 11) is 8.03. The van der Waals surface area contributed by atoms with Gasteiger partial charge in [0.25, 0.3) is 0 Å². The Morgan fingerprint density at radius 2 is 1.55 bits per heavy atom. The molecule has 0 amide bonds. The molecule has 3 saturated heterocycles. The zero-order valence-corrected chi connectivity index (χ0v) is 45.9. The van der Waals surface area contributed by atoms with E-state index in [1.165, 1.54) is 33.8 Å². The van der Waals surface area contributed by atoms with Crippen LogP contribution in [0.25, 0.3) is 0 Å². The highest BCUT2D eigenvalue weighted by Gasteiger charge is 2.54. The Balaban J connectivity index is 1.70. The van der Waals surface area contributed by atoms with E-state index in [9.17, 15) is 29.4 Å². The van der Waals surface area contributed by atoms with Gasteiger partial charge >= 0.3 is 23.9 Å². The van der Waals surface area contributed by atoms with Gasteiger partial charge in [-0.25, -0.2) is 0 Å². The number of esters is 4. The Morgan fingerprint density at radius 1 is 0.877 bits per heavy atom. The fourth-order valence-electron chi connectivity index (χ4n) is 10.5. The van der Waals surface area contributed by atoms with Crippen molar-refractivity contribution in [2.24, 2.45) is 11.8 Å². The molecule has 3 fully saturated rings. The van der Waals surface area contributed by atoms with Crippen LogP contribution >= 0.6 is 0 Å². The van der Waals surface area contributed by atoms with Gasteiger partial charge in [-0.1, -0.05) is 57.5 Å². The largest absolute Gasteiger partial charge is 0.463 e. The summed E-state index contributed by atoms with van der Waals surface area (Å²) in [5, 5.41) is 24.6. The number of cyclic esters (lactones) is 1. The van der Waals surface area contributed by atoms with Gasteiger partial charge in [-0.3, -0.25) is 19.2 Å². The Bertz CT molecular complexity index is 1810. The molecule has 3 aliphatic heterocycles.